The Balaban J connectivity index is 2.06. The lowest BCUT2D eigenvalue weighted by molar-refractivity contribution is 1.04. The molecule has 0 atom stereocenters. The zero-order valence-corrected chi connectivity index (χ0v) is 13.0. The summed E-state index contributed by atoms with van der Waals surface area (Å²) in [4.78, 5) is 15.0. The van der Waals surface area contributed by atoms with Crippen LogP contribution in [-0.2, 0) is 6.42 Å². The van der Waals surface area contributed by atoms with E-state index in [1.807, 2.05) is 66.7 Å². The number of nitrogens with one attached hydrogen (secondary N) is 1. The molecule has 0 amide bonds. The minimum Gasteiger partial charge on any atom is -0.325 e. The zero-order chi connectivity index (χ0) is 16.2. The van der Waals surface area contributed by atoms with Gasteiger partial charge < -0.3 is 4.98 Å². The first-order chi connectivity index (χ1) is 11.2. The van der Waals surface area contributed by atoms with Crippen LogP contribution in [0.1, 0.15) is 16.8 Å². The Kier molecular flexibility index (Phi) is 4.27. The van der Waals surface area contributed by atoms with Gasteiger partial charge in [0.2, 0.25) is 0 Å². The third-order valence-electron chi connectivity index (χ3n) is 3.59. The smallest absolute Gasteiger partial charge is 0.266 e. The Bertz CT molecular complexity index is 922. The highest BCUT2D eigenvalue weighted by atomic mass is 35.5. The zero-order valence-electron chi connectivity index (χ0n) is 12.2. The van der Waals surface area contributed by atoms with Gasteiger partial charge in [-0.25, -0.2) is 0 Å². The van der Waals surface area contributed by atoms with Crippen LogP contribution in [0.5, 0.6) is 0 Å². The number of aromatic nitrogens is 1. The van der Waals surface area contributed by atoms with E-state index in [4.69, 9.17) is 11.6 Å². The van der Waals surface area contributed by atoms with Gasteiger partial charge in [0.25, 0.3) is 5.56 Å². The second-order valence-corrected chi connectivity index (χ2v) is 5.63. The van der Waals surface area contributed by atoms with E-state index in [1.54, 1.807) is 0 Å². The molecule has 1 heterocycles. The number of benzene rings is 2. The highest BCUT2D eigenvalue weighted by Crippen LogP contribution is 2.22. The number of hydrogen-bond donors (Lipinski definition) is 1. The van der Waals surface area contributed by atoms with Crippen LogP contribution >= 0.6 is 11.6 Å². The lowest BCUT2D eigenvalue weighted by atomic mass is 9.99. The van der Waals surface area contributed by atoms with E-state index in [-0.39, 0.29) is 11.1 Å². The maximum atomic E-state index is 12.2. The van der Waals surface area contributed by atoms with E-state index in [0.29, 0.717) is 17.0 Å². The molecule has 3 aromatic rings. The fourth-order valence-electron chi connectivity index (χ4n) is 2.49. The molecule has 0 fully saturated rings. The van der Waals surface area contributed by atoms with Crippen LogP contribution in [0.25, 0.3) is 11.1 Å². The van der Waals surface area contributed by atoms with Crippen molar-refractivity contribution in [3.8, 4) is 17.2 Å². The van der Waals surface area contributed by atoms with Gasteiger partial charge in [0.15, 0.2) is 0 Å². The van der Waals surface area contributed by atoms with Gasteiger partial charge in [-0.1, -0.05) is 54.1 Å². The molecule has 3 rings (SSSR count). The third kappa shape index (κ3) is 3.33. The Morgan fingerprint density at radius 2 is 1.74 bits per heavy atom. The van der Waals surface area contributed by atoms with Crippen LogP contribution in [0.15, 0.2) is 65.5 Å². The number of rotatable bonds is 3. The summed E-state index contributed by atoms with van der Waals surface area (Å²) < 4.78 is 0. The summed E-state index contributed by atoms with van der Waals surface area (Å²) >= 11 is 5.89. The van der Waals surface area contributed by atoms with Crippen molar-refractivity contribution in [3.63, 3.8) is 0 Å². The Hall–Kier alpha value is -2.83. The van der Waals surface area contributed by atoms with Gasteiger partial charge in [0.05, 0.1) is 0 Å². The lowest BCUT2D eigenvalue weighted by Crippen LogP contribution is -2.14. The second kappa shape index (κ2) is 6.51. The third-order valence-corrected chi connectivity index (χ3v) is 3.85. The molecule has 1 N–H and O–H groups in total. The molecule has 0 aliphatic heterocycles. The van der Waals surface area contributed by atoms with E-state index in [2.05, 4.69) is 4.98 Å². The van der Waals surface area contributed by atoms with Crippen LogP contribution in [-0.4, -0.2) is 4.98 Å². The summed E-state index contributed by atoms with van der Waals surface area (Å²) in [5.74, 6) is 0. The fourth-order valence-corrected chi connectivity index (χ4v) is 2.61. The minimum atomic E-state index is -0.363. The van der Waals surface area contributed by atoms with Gasteiger partial charge in [-0.2, -0.15) is 5.26 Å². The van der Waals surface area contributed by atoms with Crippen LogP contribution < -0.4 is 5.56 Å². The molecule has 0 aliphatic carbocycles. The summed E-state index contributed by atoms with van der Waals surface area (Å²) in [6.45, 7) is 0. The van der Waals surface area contributed by atoms with Crippen LogP contribution in [0, 0.1) is 11.3 Å². The maximum Gasteiger partial charge on any atom is 0.266 e. The predicted molar refractivity (Wildman–Crippen MR) is 91.5 cm³/mol. The van der Waals surface area contributed by atoms with E-state index >= 15 is 0 Å². The lowest BCUT2D eigenvalue weighted by Gasteiger charge is -2.08. The first kappa shape index (κ1) is 15.1. The van der Waals surface area contributed by atoms with Crippen molar-refractivity contribution in [2.75, 3.05) is 0 Å². The molecule has 0 aliphatic rings. The van der Waals surface area contributed by atoms with Gasteiger partial charge in [-0.3, -0.25) is 4.79 Å². The van der Waals surface area contributed by atoms with Crippen molar-refractivity contribution in [2.45, 2.75) is 6.42 Å². The molecular formula is C19H13ClN2O. The molecule has 0 radical (unpaired) electrons. The summed E-state index contributed by atoms with van der Waals surface area (Å²) in [6.07, 6.45) is 0.567. The highest BCUT2D eigenvalue weighted by Gasteiger charge is 2.11. The van der Waals surface area contributed by atoms with E-state index in [9.17, 15) is 10.1 Å². The standard InChI is InChI=1S/C19H13ClN2O/c20-15-8-6-13(7-9-15)10-16-11-17(14-4-2-1-3-5-14)18(12-21)19(23)22-16/h1-9,11H,10H2,(H,22,23). The van der Waals surface area contributed by atoms with Gasteiger partial charge in [0, 0.05) is 22.7 Å². The van der Waals surface area contributed by atoms with Gasteiger partial charge in [-0.15, -0.1) is 0 Å². The normalized spacial score (nSPS) is 10.3. The summed E-state index contributed by atoms with van der Waals surface area (Å²) in [5.41, 5.74) is 3.08. The van der Waals surface area contributed by atoms with Crippen molar-refractivity contribution in [3.05, 3.63) is 92.9 Å². The molecule has 0 saturated heterocycles. The average molecular weight is 321 g/mol. The first-order valence-electron chi connectivity index (χ1n) is 7.13. The molecule has 23 heavy (non-hydrogen) atoms. The summed E-state index contributed by atoms with van der Waals surface area (Å²) in [5, 5.41) is 9.96. The van der Waals surface area contributed by atoms with E-state index < -0.39 is 0 Å². The molecule has 3 nitrogen and oxygen atoms in total. The van der Waals surface area contributed by atoms with Crippen LogP contribution in [0.4, 0.5) is 0 Å². The molecule has 1 aromatic heterocycles. The van der Waals surface area contributed by atoms with Crippen molar-refractivity contribution in [2.24, 2.45) is 0 Å². The summed E-state index contributed by atoms with van der Waals surface area (Å²) in [7, 11) is 0. The quantitative estimate of drug-likeness (QED) is 0.788. The molecule has 4 heteroatoms. The second-order valence-electron chi connectivity index (χ2n) is 5.19. The molecule has 112 valence electrons. The fraction of sp³-hybridized carbons (Fsp3) is 0.0526. The van der Waals surface area contributed by atoms with Crippen molar-refractivity contribution < 1.29 is 0 Å². The number of aromatic amines is 1. The average Bonchev–Trinajstić information content (AvgIpc) is 2.57. The molecule has 0 bridgehead atoms. The Labute approximate surface area is 138 Å². The topological polar surface area (TPSA) is 56.6 Å². The molecule has 0 saturated carbocycles. The first-order valence-corrected chi connectivity index (χ1v) is 7.51. The number of H-pyrrole nitrogens is 1. The SMILES string of the molecule is N#Cc1c(-c2ccccc2)cc(Cc2ccc(Cl)cc2)[nH]c1=O. The Morgan fingerprint density at radius 3 is 2.39 bits per heavy atom. The van der Waals surface area contributed by atoms with E-state index in [0.717, 1.165) is 16.8 Å². The number of halogens is 1. The van der Waals surface area contributed by atoms with Crippen LogP contribution in [0.2, 0.25) is 5.02 Å². The predicted octanol–water partition coefficient (Wildman–Crippen LogP) is 4.16. The molecular weight excluding hydrogens is 308 g/mol. The van der Waals surface area contributed by atoms with Crippen molar-refractivity contribution in [1.82, 2.24) is 4.98 Å². The van der Waals surface area contributed by atoms with Gasteiger partial charge >= 0.3 is 0 Å². The molecule has 0 unspecified atom stereocenters. The van der Waals surface area contributed by atoms with Crippen molar-refractivity contribution in [1.29, 1.82) is 5.26 Å². The monoisotopic (exact) mass is 320 g/mol. The molecule has 0 spiro atoms. The Morgan fingerprint density at radius 1 is 1.04 bits per heavy atom. The minimum absolute atomic E-state index is 0.135. The highest BCUT2D eigenvalue weighted by molar-refractivity contribution is 6.30. The van der Waals surface area contributed by atoms with Gasteiger partial charge in [0.1, 0.15) is 11.6 Å². The number of nitrogens with zero attached hydrogens (tertiary/aromatic N) is 1. The van der Waals surface area contributed by atoms with E-state index in [1.165, 1.54) is 0 Å². The molecule has 2 aromatic carbocycles. The number of hydrogen-bond acceptors (Lipinski definition) is 2. The number of pyridine rings is 1. The summed E-state index contributed by atoms with van der Waals surface area (Å²) in [6, 6.07) is 20.8. The maximum absolute atomic E-state index is 12.2. The largest absolute Gasteiger partial charge is 0.325 e. The van der Waals surface area contributed by atoms with Crippen LogP contribution in [0.3, 0.4) is 0 Å². The van der Waals surface area contributed by atoms with Crippen molar-refractivity contribution >= 4 is 11.6 Å². The number of nitriles is 1. The van der Waals surface area contributed by atoms with Gasteiger partial charge in [-0.05, 0) is 29.3 Å².